The Balaban J connectivity index is 2.82. The van der Waals surface area contributed by atoms with Crippen LogP contribution in [-0.2, 0) is 0 Å². The molecule has 1 aromatic heterocycles. The molecular weight excluding hydrogens is 192 g/mol. The maximum absolute atomic E-state index is 11.5. The van der Waals surface area contributed by atoms with Crippen molar-refractivity contribution in [2.24, 2.45) is 0 Å². The van der Waals surface area contributed by atoms with E-state index >= 15 is 0 Å². The zero-order chi connectivity index (χ0) is 11.0. The Morgan fingerprint density at radius 1 is 1.27 bits per heavy atom. The van der Waals surface area contributed by atoms with E-state index in [4.69, 9.17) is 4.42 Å². The summed E-state index contributed by atoms with van der Waals surface area (Å²) < 4.78 is 5.38. The number of hydrogen-bond acceptors (Lipinski definition) is 3. The number of hydrogen-bond donors (Lipinski definition) is 0. The van der Waals surface area contributed by atoms with E-state index in [2.05, 4.69) is 0 Å². The van der Waals surface area contributed by atoms with Gasteiger partial charge in [0.1, 0.15) is 11.3 Å². The molecule has 0 aliphatic rings. The van der Waals surface area contributed by atoms with Gasteiger partial charge in [0.2, 0.25) is 0 Å². The van der Waals surface area contributed by atoms with Crippen LogP contribution >= 0.6 is 0 Å². The lowest BCUT2D eigenvalue weighted by Crippen LogP contribution is -2.01. The Bertz CT molecular complexity index is 593. The molecule has 0 unspecified atom stereocenters. The second kappa shape index (κ2) is 3.35. The van der Waals surface area contributed by atoms with E-state index in [1.165, 1.54) is 13.0 Å². The fourth-order valence-corrected chi connectivity index (χ4v) is 1.49. The zero-order valence-electron chi connectivity index (χ0n) is 8.53. The zero-order valence-corrected chi connectivity index (χ0v) is 8.53. The van der Waals surface area contributed by atoms with Gasteiger partial charge in [-0.3, -0.25) is 9.59 Å². The van der Waals surface area contributed by atoms with Crippen molar-refractivity contribution in [3.05, 3.63) is 45.8 Å². The predicted molar refractivity (Wildman–Crippen MR) is 57.2 cm³/mol. The molecule has 0 amide bonds. The number of ketones is 1. The summed E-state index contributed by atoms with van der Waals surface area (Å²) in [5.74, 6) is 0.509. The molecule has 0 saturated carbocycles. The highest BCUT2D eigenvalue weighted by Crippen LogP contribution is 2.14. The molecule has 0 aliphatic carbocycles. The minimum atomic E-state index is -0.0798. The molecule has 0 N–H and O–H groups in total. The number of aryl methyl sites for hydroxylation is 1. The van der Waals surface area contributed by atoms with Gasteiger partial charge in [-0.15, -0.1) is 0 Å². The molecule has 15 heavy (non-hydrogen) atoms. The largest absolute Gasteiger partial charge is 0.461 e. The van der Waals surface area contributed by atoms with Crippen molar-refractivity contribution in [1.82, 2.24) is 0 Å². The van der Waals surface area contributed by atoms with Crippen LogP contribution in [0.1, 0.15) is 23.0 Å². The standard InChI is InChI=1S/C12H10O3/c1-7-5-11(14)10-4-3-9(8(2)13)6-12(10)15-7/h3-6H,1-2H3. The van der Waals surface area contributed by atoms with Crippen LogP contribution < -0.4 is 5.43 Å². The summed E-state index contributed by atoms with van der Waals surface area (Å²) in [6, 6.07) is 6.30. The van der Waals surface area contributed by atoms with Gasteiger partial charge in [0.25, 0.3) is 0 Å². The molecule has 0 spiro atoms. The third-order valence-corrected chi connectivity index (χ3v) is 2.26. The third-order valence-electron chi connectivity index (χ3n) is 2.26. The van der Waals surface area contributed by atoms with Crippen molar-refractivity contribution >= 4 is 16.8 Å². The van der Waals surface area contributed by atoms with E-state index in [0.29, 0.717) is 22.3 Å². The highest BCUT2D eigenvalue weighted by molar-refractivity contribution is 5.97. The first-order valence-corrected chi connectivity index (χ1v) is 4.63. The van der Waals surface area contributed by atoms with Gasteiger partial charge in [-0.05, 0) is 26.0 Å². The third kappa shape index (κ3) is 1.68. The molecule has 0 saturated heterocycles. The van der Waals surface area contributed by atoms with E-state index < -0.39 is 0 Å². The van der Waals surface area contributed by atoms with Crippen molar-refractivity contribution in [1.29, 1.82) is 0 Å². The first-order valence-electron chi connectivity index (χ1n) is 4.63. The first-order chi connectivity index (χ1) is 7.08. The Hall–Kier alpha value is -1.90. The maximum atomic E-state index is 11.5. The highest BCUT2D eigenvalue weighted by atomic mass is 16.3. The molecule has 3 heteroatoms. The number of fused-ring (bicyclic) bond motifs is 1. The van der Waals surface area contributed by atoms with E-state index in [0.717, 1.165) is 0 Å². The van der Waals surface area contributed by atoms with Gasteiger partial charge in [-0.25, -0.2) is 0 Å². The highest BCUT2D eigenvalue weighted by Gasteiger charge is 2.05. The molecule has 0 radical (unpaired) electrons. The van der Waals surface area contributed by atoms with Crippen molar-refractivity contribution < 1.29 is 9.21 Å². The Labute approximate surface area is 86.3 Å². The molecule has 0 fully saturated rings. The molecule has 0 atom stereocenters. The SMILES string of the molecule is CC(=O)c1ccc2c(=O)cc(C)oc2c1. The summed E-state index contributed by atoms with van der Waals surface area (Å²) in [4.78, 5) is 22.7. The van der Waals surface area contributed by atoms with Gasteiger partial charge >= 0.3 is 0 Å². The minimum absolute atomic E-state index is 0.0407. The number of carbonyl (C=O) groups excluding carboxylic acids is 1. The normalized spacial score (nSPS) is 10.5. The molecule has 0 aliphatic heterocycles. The monoisotopic (exact) mass is 202 g/mol. The second-order valence-electron chi connectivity index (χ2n) is 3.49. The Morgan fingerprint density at radius 2 is 2.00 bits per heavy atom. The van der Waals surface area contributed by atoms with Crippen LogP contribution in [0.3, 0.4) is 0 Å². The van der Waals surface area contributed by atoms with E-state index in [9.17, 15) is 9.59 Å². The second-order valence-corrected chi connectivity index (χ2v) is 3.49. The number of benzene rings is 1. The molecule has 2 rings (SSSR count). The molecule has 1 heterocycles. The number of carbonyl (C=O) groups is 1. The maximum Gasteiger partial charge on any atom is 0.192 e. The van der Waals surface area contributed by atoms with Crippen LogP contribution in [0, 0.1) is 6.92 Å². The smallest absolute Gasteiger partial charge is 0.192 e. The quantitative estimate of drug-likeness (QED) is 0.666. The topological polar surface area (TPSA) is 47.3 Å². The summed E-state index contributed by atoms with van der Waals surface area (Å²) in [6.07, 6.45) is 0. The lowest BCUT2D eigenvalue weighted by atomic mass is 10.1. The fraction of sp³-hybridized carbons (Fsp3) is 0.167. The predicted octanol–water partition coefficient (Wildman–Crippen LogP) is 2.30. The average molecular weight is 202 g/mol. The summed E-state index contributed by atoms with van der Waals surface area (Å²) in [5, 5.41) is 0.505. The number of Topliss-reactive ketones (excluding diaryl/α,β-unsaturated/α-hetero) is 1. The molecule has 1 aromatic carbocycles. The summed E-state index contributed by atoms with van der Waals surface area (Å²) in [5.41, 5.74) is 0.938. The average Bonchev–Trinajstić information content (AvgIpc) is 2.16. The van der Waals surface area contributed by atoms with Crippen LogP contribution in [-0.4, -0.2) is 5.78 Å². The van der Waals surface area contributed by atoms with Crippen molar-refractivity contribution in [2.45, 2.75) is 13.8 Å². The Kier molecular flexibility index (Phi) is 2.15. The molecule has 3 nitrogen and oxygen atoms in total. The number of rotatable bonds is 1. The van der Waals surface area contributed by atoms with Gasteiger partial charge in [0.15, 0.2) is 11.2 Å². The van der Waals surface area contributed by atoms with Crippen molar-refractivity contribution in [3.8, 4) is 0 Å². The summed E-state index contributed by atoms with van der Waals surface area (Å²) in [7, 11) is 0. The van der Waals surface area contributed by atoms with E-state index in [-0.39, 0.29) is 11.2 Å². The van der Waals surface area contributed by atoms with Crippen LogP contribution in [0.5, 0.6) is 0 Å². The van der Waals surface area contributed by atoms with Crippen LogP contribution in [0.25, 0.3) is 11.0 Å². The first kappa shape index (κ1) is 9.65. The molecule has 2 aromatic rings. The van der Waals surface area contributed by atoms with Gasteiger partial charge in [-0.2, -0.15) is 0 Å². The molecule has 0 bridgehead atoms. The van der Waals surface area contributed by atoms with Gasteiger partial charge in [0.05, 0.1) is 5.39 Å². The Morgan fingerprint density at radius 3 is 2.67 bits per heavy atom. The fourth-order valence-electron chi connectivity index (χ4n) is 1.49. The van der Waals surface area contributed by atoms with Gasteiger partial charge in [0, 0.05) is 11.6 Å². The van der Waals surface area contributed by atoms with Gasteiger partial charge in [-0.1, -0.05) is 6.07 Å². The van der Waals surface area contributed by atoms with E-state index in [1.54, 1.807) is 25.1 Å². The van der Waals surface area contributed by atoms with Gasteiger partial charge < -0.3 is 4.42 Å². The lowest BCUT2D eigenvalue weighted by molar-refractivity contribution is 0.101. The van der Waals surface area contributed by atoms with Crippen LogP contribution in [0.4, 0.5) is 0 Å². The molecular formula is C12H10O3. The molecule has 76 valence electrons. The summed E-state index contributed by atoms with van der Waals surface area (Å²) >= 11 is 0. The van der Waals surface area contributed by atoms with Crippen LogP contribution in [0.15, 0.2) is 33.5 Å². The summed E-state index contributed by atoms with van der Waals surface area (Å²) in [6.45, 7) is 3.19. The van der Waals surface area contributed by atoms with Crippen molar-refractivity contribution in [2.75, 3.05) is 0 Å². The van der Waals surface area contributed by atoms with E-state index in [1.807, 2.05) is 0 Å². The lowest BCUT2D eigenvalue weighted by Gasteiger charge is -2.00. The van der Waals surface area contributed by atoms with Crippen molar-refractivity contribution in [3.63, 3.8) is 0 Å². The minimum Gasteiger partial charge on any atom is -0.461 e. The van der Waals surface area contributed by atoms with Crippen LogP contribution in [0.2, 0.25) is 0 Å².